The lowest BCUT2D eigenvalue weighted by atomic mass is 9.96. The highest BCUT2D eigenvalue weighted by Crippen LogP contribution is 2.32. The molecule has 1 aliphatic rings. The van der Waals surface area contributed by atoms with Crippen LogP contribution in [0.2, 0.25) is 0 Å². The third kappa shape index (κ3) is 5.30. The Balaban J connectivity index is 1.21. The number of carbonyl (C=O) groups is 1. The molecule has 3 heterocycles. The number of H-pyrrole nitrogens is 1. The number of aromatic amines is 1. The van der Waals surface area contributed by atoms with Crippen molar-refractivity contribution in [2.75, 3.05) is 24.5 Å². The highest BCUT2D eigenvalue weighted by atomic mass is 32.1. The number of carbonyl (C=O) groups excluding carboxylic acids is 1. The first-order chi connectivity index (χ1) is 17.1. The Kier molecular flexibility index (Phi) is 6.95. The van der Waals surface area contributed by atoms with Crippen molar-refractivity contribution < 1.29 is 4.79 Å². The Morgan fingerprint density at radius 3 is 2.71 bits per heavy atom. The minimum Gasteiger partial charge on any atom is -0.356 e. The van der Waals surface area contributed by atoms with E-state index >= 15 is 0 Å². The zero-order chi connectivity index (χ0) is 24.2. The summed E-state index contributed by atoms with van der Waals surface area (Å²) < 4.78 is 0.648. The summed E-state index contributed by atoms with van der Waals surface area (Å²) in [5, 5.41) is 5.12. The summed E-state index contributed by atoms with van der Waals surface area (Å²) in [5.74, 6) is 0.730. The third-order valence-corrected chi connectivity index (χ3v) is 7.66. The summed E-state index contributed by atoms with van der Waals surface area (Å²) in [6.07, 6.45) is 3.40. The quantitative estimate of drug-likeness (QED) is 0.363. The molecule has 4 aromatic rings. The molecule has 0 spiro atoms. The smallest absolute Gasteiger partial charge is 0.270 e. The van der Waals surface area contributed by atoms with Gasteiger partial charge >= 0.3 is 0 Å². The van der Waals surface area contributed by atoms with E-state index in [1.807, 2.05) is 29.6 Å². The molecule has 6 nitrogen and oxygen atoms in total. The summed E-state index contributed by atoms with van der Waals surface area (Å²) in [5.41, 5.74) is 5.18. The molecule has 1 aliphatic heterocycles. The van der Waals surface area contributed by atoms with E-state index in [0.29, 0.717) is 30.3 Å². The van der Waals surface area contributed by atoms with Gasteiger partial charge in [-0.05, 0) is 43.7 Å². The van der Waals surface area contributed by atoms with E-state index in [9.17, 15) is 9.59 Å². The minimum absolute atomic E-state index is 0.00225. The van der Waals surface area contributed by atoms with E-state index in [1.54, 1.807) is 0 Å². The molecular weight excluding hydrogens is 456 g/mol. The van der Waals surface area contributed by atoms with Crippen LogP contribution in [0.1, 0.15) is 30.4 Å². The molecule has 1 fully saturated rings. The Hall–Kier alpha value is -3.45. The Bertz CT molecular complexity index is 1370. The second-order valence-corrected chi connectivity index (χ2v) is 10.1. The molecule has 1 saturated heterocycles. The van der Waals surface area contributed by atoms with Crippen LogP contribution in [-0.2, 0) is 11.2 Å². The normalized spacial score (nSPS) is 14.4. The zero-order valence-electron chi connectivity index (χ0n) is 19.9. The number of thiophene rings is 1. The van der Waals surface area contributed by atoms with Crippen LogP contribution < -0.4 is 15.8 Å². The number of aryl methyl sites for hydroxylation is 2. The highest BCUT2D eigenvalue weighted by molar-refractivity contribution is 7.17. The van der Waals surface area contributed by atoms with E-state index in [4.69, 9.17) is 4.98 Å². The number of fused-ring (bicyclic) bond motifs is 1. The van der Waals surface area contributed by atoms with Crippen LogP contribution in [-0.4, -0.2) is 35.5 Å². The summed E-state index contributed by atoms with van der Waals surface area (Å²) >= 11 is 1.43. The van der Waals surface area contributed by atoms with Crippen LogP contribution in [0.25, 0.3) is 21.3 Å². The second kappa shape index (κ2) is 10.4. The van der Waals surface area contributed by atoms with Gasteiger partial charge in [-0.25, -0.2) is 4.98 Å². The van der Waals surface area contributed by atoms with Gasteiger partial charge in [0.05, 0.1) is 5.52 Å². The fourth-order valence-electron chi connectivity index (χ4n) is 4.73. The number of nitrogens with one attached hydrogen (secondary N) is 2. The molecule has 0 radical (unpaired) electrons. The Morgan fingerprint density at radius 2 is 1.94 bits per heavy atom. The molecule has 2 aromatic heterocycles. The van der Waals surface area contributed by atoms with Crippen molar-refractivity contribution in [2.45, 2.75) is 32.6 Å². The lowest BCUT2D eigenvalue weighted by Crippen LogP contribution is -2.41. The third-order valence-electron chi connectivity index (χ3n) is 6.69. The van der Waals surface area contributed by atoms with Gasteiger partial charge in [-0.1, -0.05) is 60.2 Å². The van der Waals surface area contributed by atoms with Gasteiger partial charge in [0.25, 0.3) is 5.56 Å². The van der Waals surface area contributed by atoms with Gasteiger partial charge in [-0.15, -0.1) is 11.3 Å². The zero-order valence-corrected chi connectivity index (χ0v) is 20.7. The SMILES string of the molecule is Cc1cccc(-c2csc3c(=O)[nH]c(N4CCC(C(=O)NCCCc5ccccc5)CC4)nc23)c1. The molecule has 0 saturated carbocycles. The topological polar surface area (TPSA) is 78.1 Å². The largest absolute Gasteiger partial charge is 0.356 e. The van der Waals surface area contributed by atoms with Crippen LogP contribution in [0, 0.1) is 12.8 Å². The molecule has 5 rings (SSSR count). The highest BCUT2D eigenvalue weighted by Gasteiger charge is 2.26. The maximum atomic E-state index is 12.8. The van der Waals surface area contributed by atoms with E-state index in [-0.39, 0.29) is 17.4 Å². The molecule has 0 unspecified atom stereocenters. The maximum absolute atomic E-state index is 12.8. The van der Waals surface area contributed by atoms with E-state index in [2.05, 4.69) is 52.5 Å². The van der Waals surface area contributed by atoms with Crippen LogP contribution in [0.5, 0.6) is 0 Å². The summed E-state index contributed by atoms with van der Waals surface area (Å²) in [4.78, 5) is 35.4. The number of hydrogen-bond donors (Lipinski definition) is 2. The van der Waals surface area contributed by atoms with Crippen molar-refractivity contribution in [2.24, 2.45) is 5.92 Å². The molecule has 1 amide bonds. The van der Waals surface area contributed by atoms with Crippen molar-refractivity contribution in [1.29, 1.82) is 0 Å². The van der Waals surface area contributed by atoms with E-state index in [1.165, 1.54) is 22.5 Å². The molecular formula is C28H30N4O2S. The Morgan fingerprint density at radius 1 is 1.14 bits per heavy atom. The number of anilines is 1. The van der Waals surface area contributed by atoms with Gasteiger partial charge in [-0.2, -0.15) is 0 Å². The second-order valence-electron chi connectivity index (χ2n) is 9.23. The predicted octanol–water partition coefficient (Wildman–Crippen LogP) is 4.93. The van der Waals surface area contributed by atoms with Gasteiger partial charge in [0.1, 0.15) is 4.70 Å². The molecule has 2 aromatic carbocycles. The van der Waals surface area contributed by atoms with Gasteiger partial charge in [0, 0.05) is 36.5 Å². The van der Waals surface area contributed by atoms with Crippen molar-refractivity contribution >= 4 is 33.4 Å². The standard InChI is InChI=1S/C28H30N4O2S/c1-19-7-5-11-22(17-19)23-18-35-25-24(23)30-28(31-27(25)34)32-15-12-21(13-16-32)26(33)29-14-6-10-20-8-3-2-4-9-20/h2-5,7-9,11,17-18,21H,6,10,12-16H2,1H3,(H,29,33)(H,30,31,34). The molecule has 0 bridgehead atoms. The lowest BCUT2D eigenvalue weighted by Gasteiger charge is -2.31. The van der Waals surface area contributed by atoms with Gasteiger partial charge < -0.3 is 10.2 Å². The minimum atomic E-state index is -0.104. The number of rotatable bonds is 7. The van der Waals surface area contributed by atoms with Crippen LogP contribution >= 0.6 is 11.3 Å². The molecule has 180 valence electrons. The van der Waals surface area contributed by atoms with E-state index < -0.39 is 0 Å². The fourth-order valence-corrected chi connectivity index (χ4v) is 5.64. The number of amides is 1. The first-order valence-electron chi connectivity index (χ1n) is 12.2. The summed E-state index contributed by atoms with van der Waals surface area (Å²) in [7, 11) is 0. The number of benzene rings is 2. The van der Waals surface area contributed by atoms with Crippen LogP contribution in [0.15, 0.2) is 64.8 Å². The number of nitrogens with zero attached hydrogens (tertiary/aromatic N) is 2. The lowest BCUT2D eigenvalue weighted by molar-refractivity contribution is -0.125. The molecule has 0 atom stereocenters. The molecule has 2 N–H and O–H groups in total. The summed E-state index contributed by atoms with van der Waals surface area (Å²) in [6, 6.07) is 18.6. The van der Waals surface area contributed by atoms with Crippen LogP contribution in [0.4, 0.5) is 5.95 Å². The molecule has 7 heteroatoms. The van der Waals surface area contributed by atoms with Gasteiger partial charge in [0.2, 0.25) is 11.9 Å². The van der Waals surface area contributed by atoms with Crippen LogP contribution in [0.3, 0.4) is 0 Å². The molecule has 0 aliphatic carbocycles. The first-order valence-corrected chi connectivity index (χ1v) is 13.1. The number of aromatic nitrogens is 2. The average molecular weight is 487 g/mol. The van der Waals surface area contributed by atoms with Crippen molar-refractivity contribution in [3.05, 3.63) is 81.5 Å². The van der Waals surface area contributed by atoms with Gasteiger partial charge in [-0.3, -0.25) is 14.6 Å². The van der Waals surface area contributed by atoms with Crippen molar-refractivity contribution in [1.82, 2.24) is 15.3 Å². The monoisotopic (exact) mass is 486 g/mol. The first kappa shape index (κ1) is 23.3. The Labute approximate surface area is 209 Å². The van der Waals surface area contributed by atoms with Crippen molar-refractivity contribution in [3.8, 4) is 11.1 Å². The predicted molar refractivity (Wildman–Crippen MR) is 143 cm³/mol. The van der Waals surface area contributed by atoms with Crippen molar-refractivity contribution in [3.63, 3.8) is 0 Å². The summed E-state index contributed by atoms with van der Waals surface area (Å²) in [6.45, 7) is 4.15. The average Bonchev–Trinajstić information content (AvgIpc) is 3.32. The fraction of sp³-hybridized carbons (Fsp3) is 0.321. The van der Waals surface area contributed by atoms with E-state index in [0.717, 1.165) is 42.3 Å². The number of piperidine rings is 1. The molecule has 35 heavy (non-hydrogen) atoms. The van der Waals surface area contributed by atoms with Gasteiger partial charge in [0.15, 0.2) is 0 Å². The maximum Gasteiger partial charge on any atom is 0.270 e. The number of hydrogen-bond acceptors (Lipinski definition) is 5.